The lowest BCUT2D eigenvalue weighted by atomic mass is 10.1. The number of nitrogens with zero attached hydrogens (tertiary/aromatic N) is 2. The van der Waals surface area contributed by atoms with Crippen molar-refractivity contribution in [2.24, 2.45) is 0 Å². The third kappa shape index (κ3) is 1.62. The highest BCUT2D eigenvalue weighted by Gasteiger charge is 2.50. The van der Waals surface area contributed by atoms with E-state index in [0.29, 0.717) is 5.54 Å². The number of piperazine rings is 1. The third-order valence-corrected chi connectivity index (χ3v) is 3.76. The van der Waals surface area contributed by atoms with Gasteiger partial charge in [0, 0.05) is 31.2 Å². The van der Waals surface area contributed by atoms with Crippen molar-refractivity contribution in [3.05, 3.63) is 0 Å². The minimum atomic E-state index is 0.608. The minimum Gasteiger partial charge on any atom is -0.298 e. The van der Waals surface area contributed by atoms with Gasteiger partial charge in [0.1, 0.15) is 0 Å². The molecule has 1 aliphatic carbocycles. The normalized spacial score (nSPS) is 28.6. The number of rotatable bonds is 2. The molecule has 0 amide bonds. The molecule has 76 valence electrons. The minimum absolute atomic E-state index is 0.608. The van der Waals surface area contributed by atoms with E-state index in [0.717, 1.165) is 6.04 Å². The Hall–Kier alpha value is -0.0800. The maximum atomic E-state index is 2.69. The average Bonchev–Trinajstić information content (AvgIpc) is 2.85. The lowest BCUT2D eigenvalue weighted by Gasteiger charge is -2.43. The van der Waals surface area contributed by atoms with Crippen molar-refractivity contribution in [1.82, 2.24) is 9.80 Å². The van der Waals surface area contributed by atoms with Crippen LogP contribution in [-0.4, -0.2) is 47.6 Å². The molecule has 1 saturated heterocycles. The Balaban J connectivity index is 1.99. The molecule has 0 aromatic heterocycles. The van der Waals surface area contributed by atoms with Gasteiger partial charge in [-0.2, -0.15) is 0 Å². The zero-order chi connectivity index (χ0) is 9.47. The molecule has 13 heavy (non-hydrogen) atoms. The second-order valence-electron chi connectivity index (χ2n) is 4.87. The monoisotopic (exact) mass is 182 g/mol. The van der Waals surface area contributed by atoms with Crippen molar-refractivity contribution in [3.8, 4) is 0 Å². The van der Waals surface area contributed by atoms with E-state index in [2.05, 4.69) is 30.6 Å². The van der Waals surface area contributed by atoms with Crippen molar-refractivity contribution < 1.29 is 0 Å². The topological polar surface area (TPSA) is 6.48 Å². The van der Waals surface area contributed by atoms with Gasteiger partial charge in [-0.1, -0.05) is 6.92 Å². The Morgan fingerprint density at radius 3 is 2.38 bits per heavy atom. The van der Waals surface area contributed by atoms with Crippen molar-refractivity contribution in [1.29, 1.82) is 0 Å². The first-order valence-corrected chi connectivity index (χ1v) is 5.67. The third-order valence-electron chi connectivity index (χ3n) is 3.76. The lowest BCUT2D eigenvalue weighted by Crippen LogP contribution is -2.56. The fourth-order valence-corrected chi connectivity index (χ4v) is 2.60. The highest BCUT2D eigenvalue weighted by Crippen LogP contribution is 2.44. The van der Waals surface area contributed by atoms with Crippen LogP contribution in [0.2, 0.25) is 0 Å². The number of likely N-dealkylation sites (N-methyl/N-ethyl adjacent to an activating group) is 1. The molecule has 2 heteroatoms. The second-order valence-corrected chi connectivity index (χ2v) is 4.87. The Labute approximate surface area is 81.9 Å². The van der Waals surface area contributed by atoms with E-state index in [9.17, 15) is 0 Å². The molecule has 0 aromatic carbocycles. The van der Waals surface area contributed by atoms with Crippen LogP contribution in [0.15, 0.2) is 0 Å². The van der Waals surface area contributed by atoms with E-state index in [1.807, 2.05) is 0 Å². The number of hydrogen-bond donors (Lipinski definition) is 0. The molecular formula is C11H22N2. The molecule has 1 aliphatic heterocycles. The number of hydrogen-bond acceptors (Lipinski definition) is 2. The first-order chi connectivity index (χ1) is 6.18. The molecule has 0 N–H and O–H groups in total. The Bertz CT molecular complexity index is 185. The zero-order valence-corrected chi connectivity index (χ0v) is 9.21. The van der Waals surface area contributed by atoms with Crippen LogP contribution < -0.4 is 0 Å². The van der Waals surface area contributed by atoms with Gasteiger partial charge in [0.2, 0.25) is 0 Å². The fraction of sp³-hybridized carbons (Fsp3) is 1.00. The van der Waals surface area contributed by atoms with Crippen molar-refractivity contribution >= 4 is 0 Å². The summed E-state index contributed by atoms with van der Waals surface area (Å²) in [6.45, 7) is 12.0. The van der Waals surface area contributed by atoms with Crippen LogP contribution in [0.1, 0.15) is 33.6 Å². The molecule has 0 aromatic rings. The lowest BCUT2D eigenvalue weighted by molar-refractivity contribution is 0.0463. The summed E-state index contributed by atoms with van der Waals surface area (Å²) in [5.74, 6) is 0. The predicted octanol–water partition coefficient (Wildman–Crippen LogP) is 1.56. The molecule has 1 spiro atoms. The SMILES string of the molecule is CCN1CCN(C(C)C)CC12CC2. The van der Waals surface area contributed by atoms with Crippen LogP contribution in [0.4, 0.5) is 0 Å². The van der Waals surface area contributed by atoms with Crippen LogP contribution in [0.5, 0.6) is 0 Å². The zero-order valence-electron chi connectivity index (χ0n) is 9.21. The molecule has 0 atom stereocenters. The van der Waals surface area contributed by atoms with Gasteiger partial charge in [-0.3, -0.25) is 9.80 Å². The van der Waals surface area contributed by atoms with Gasteiger partial charge in [-0.15, -0.1) is 0 Å². The van der Waals surface area contributed by atoms with E-state index >= 15 is 0 Å². The summed E-state index contributed by atoms with van der Waals surface area (Å²) >= 11 is 0. The first kappa shape index (κ1) is 9.47. The molecule has 2 aliphatic rings. The van der Waals surface area contributed by atoms with Crippen molar-refractivity contribution in [3.63, 3.8) is 0 Å². The van der Waals surface area contributed by atoms with Gasteiger partial charge < -0.3 is 0 Å². The maximum absolute atomic E-state index is 2.69. The smallest absolute Gasteiger partial charge is 0.0338 e. The van der Waals surface area contributed by atoms with Crippen LogP contribution in [-0.2, 0) is 0 Å². The maximum Gasteiger partial charge on any atom is 0.0338 e. The van der Waals surface area contributed by atoms with Gasteiger partial charge in [-0.05, 0) is 33.2 Å². The highest BCUT2D eigenvalue weighted by atomic mass is 15.3. The van der Waals surface area contributed by atoms with E-state index in [4.69, 9.17) is 0 Å². The van der Waals surface area contributed by atoms with E-state index in [1.165, 1.54) is 39.0 Å². The standard InChI is InChI=1S/C11H22N2/c1-4-13-8-7-12(10(2)3)9-11(13)5-6-11/h10H,4-9H2,1-3H3. The largest absolute Gasteiger partial charge is 0.298 e. The summed E-state index contributed by atoms with van der Waals surface area (Å²) in [4.78, 5) is 5.32. The fourth-order valence-electron chi connectivity index (χ4n) is 2.60. The van der Waals surface area contributed by atoms with Crippen LogP contribution in [0.3, 0.4) is 0 Å². The first-order valence-electron chi connectivity index (χ1n) is 5.67. The molecular weight excluding hydrogens is 160 g/mol. The molecule has 0 unspecified atom stereocenters. The molecule has 1 saturated carbocycles. The summed E-state index contributed by atoms with van der Waals surface area (Å²) in [6.07, 6.45) is 2.87. The predicted molar refractivity (Wildman–Crippen MR) is 55.9 cm³/mol. The van der Waals surface area contributed by atoms with Gasteiger partial charge in [0.25, 0.3) is 0 Å². The van der Waals surface area contributed by atoms with Gasteiger partial charge in [0.05, 0.1) is 0 Å². The highest BCUT2D eigenvalue weighted by molar-refractivity contribution is 5.08. The molecule has 1 heterocycles. The summed E-state index contributed by atoms with van der Waals surface area (Å²) in [5.41, 5.74) is 0.608. The summed E-state index contributed by atoms with van der Waals surface area (Å²) < 4.78 is 0. The Kier molecular flexibility index (Phi) is 2.37. The van der Waals surface area contributed by atoms with Gasteiger partial charge in [0.15, 0.2) is 0 Å². The average molecular weight is 182 g/mol. The molecule has 2 fully saturated rings. The Morgan fingerprint density at radius 1 is 1.23 bits per heavy atom. The molecule has 0 bridgehead atoms. The summed E-state index contributed by atoms with van der Waals surface area (Å²) in [6, 6.07) is 0.733. The van der Waals surface area contributed by atoms with Gasteiger partial charge in [-0.25, -0.2) is 0 Å². The second kappa shape index (κ2) is 3.25. The summed E-state index contributed by atoms with van der Waals surface area (Å²) in [5, 5.41) is 0. The van der Waals surface area contributed by atoms with E-state index in [1.54, 1.807) is 0 Å². The molecule has 2 rings (SSSR count). The van der Waals surface area contributed by atoms with Crippen LogP contribution in [0, 0.1) is 0 Å². The quantitative estimate of drug-likeness (QED) is 0.639. The van der Waals surface area contributed by atoms with Crippen LogP contribution in [0.25, 0.3) is 0 Å². The van der Waals surface area contributed by atoms with Crippen molar-refractivity contribution in [2.45, 2.75) is 45.2 Å². The van der Waals surface area contributed by atoms with Gasteiger partial charge >= 0.3 is 0 Å². The van der Waals surface area contributed by atoms with E-state index in [-0.39, 0.29) is 0 Å². The Morgan fingerprint density at radius 2 is 1.92 bits per heavy atom. The van der Waals surface area contributed by atoms with Crippen LogP contribution >= 0.6 is 0 Å². The molecule has 0 radical (unpaired) electrons. The van der Waals surface area contributed by atoms with E-state index < -0.39 is 0 Å². The molecule has 2 nitrogen and oxygen atoms in total. The summed E-state index contributed by atoms with van der Waals surface area (Å²) in [7, 11) is 0. The van der Waals surface area contributed by atoms with Crippen molar-refractivity contribution in [2.75, 3.05) is 26.2 Å².